The quantitative estimate of drug-likeness (QED) is 0.686. The first-order valence-electron chi connectivity index (χ1n) is 10.9. The summed E-state index contributed by atoms with van der Waals surface area (Å²) in [5.41, 5.74) is -0.961. The van der Waals surface area contributed by atoms with Crippen LogP contribution in [0.2, 0.25) is 0 Å². The van der Waals surface area contributed by atoms with Gasteiger partial charge in [-0.1, -0.05) is 18.2 Å². The molecule has 0 amide bonds. The highest BCUT2D eigenvalue weighted by Crippen LogP contribution is 2.44. The number of aliphatic hydroxyl groups is 1. The van der Waals surface area contributed by atoms with Crippen LogP contribution in [0.15, 0.2) is 41.3 Å². The molecule has 0 spiro atoms. The van der Waals surface area contributed by atoms with Gasteiger partial charge in [-0.25, -0.2) is 8.42 Å². The fraction of sp³-hybridized carbons (Fsp3) is 0.636. The Balaban J connectivity index is 1.73. The van der Waals surface area contributed by atoms with E-state index in [2.05, 4.69) is 4.90 Å². The van der Waals surface area contributed by atoms with Gasteiger partial charge in [-0.05, 0) is 75.2 Å². The van der Waals surface area contributed by atoms with E-state index in [0.717, 1.165) is 57.0 Å². The lowest BCUT2D eigenvalue weighted by Gasteiger charge is -2.56. The summed E-state index contributed by atoms with van der Waals surface area (Å²) in [5, 5.41) is 9.17. The van der Waals surface area contributed by atoms with Crippen LogP contribution in [0.1, 0.15) is 37.7 Å². The van der Waals surface area contributed by atoms with Crippen LogP contribution in [0.4, 0.5) is 13.2 Å². The van der Waals surface area contributed by atoms with E-state index in [1.54, 1.807) is 6.08 Å². The summed E-state index contributed by atoms with van der Waals surface area (Å²) in [5.74, 6) is 0.283. The zero-order chi connectivity index (χ0) is 22.2. The summed E-state index contributed by atoms with van der Waals surface area (Å²) in [6.07, 6.45) is 3.26. The van der Waals surface area contributed by atoms with Gasteiger partial charge in [0.25, 0.3) is 0 Å². The molecule has 0 bridgehead atoms. The van der Waals surface area contributed by atoms with E-state index in [4.69, 9.17) is 0 Å². The molecule has 0 radical (unpaired) electrons. The number of hydrogen-bond donors (Lipinski definition) is 1. The first-order valence-corrected chi connectivity index (χ1v) is 12.4. The molecule has 4 rings (SSSR count). The Bertz CT molecular complexity index is 917. The second kappa shape index (κ2) is 8.84. The Kier molecular flexibility index (Phi) is 6.49. The van der Waals surface area contributed by atoms with E-state index < -0.39 is 27.8 Å². The number of nitrogens with zero attached hydrogens (tertiary/aromatic N) is 2. The Morgan fingerprint density at radius 2 is 1.90 bits per heavy atom. The van der Waals surface area contributed by atoms with Crippen LogP contribution < -0.4 is 0 Å². The van der Waals surface area contributed by atoms with Gasteiger partial charge in [0, 0.05) is 25.2 Å². The summed E-state index contributed by atoms with van der Waals surface area (Å²) >= 11 is 0. The van der Waals surface area contributed by atoms with Gasteiger partial charge in [-0.15, -0.1) is 0 Å². The van der Waals surface area contributed by atoms with Gasteiger partial charge in [-0.2, -0.15) is 17.5 Å². The van der Waals surface area contributed by atoms with Gasteiger partial charge in [-0.3, -0.25) is 4.90 Å². The lowest BCUT2D eigenvalue weighted by Crippen LogP contribution is -2.65. The average Bonchev–Trinajstić information content (AvgIpc) is 2.75. The number of alkyl halides is 3. The van der Waals surface area contributed by atoms with Crippen LogP contribution in [0.5, 0.6) is 0 Å². The average molecular weight is 459 g/mol. The number of hydrogen-bond acceptors (Lipinski definition) is 4. The highest BCUT2D eigenvalue weighted by atomic mass is 32.2. The van der Waals surface area contributed by atoms with Crippen LogP contribution >= 0.6 is 0 Å². The van der Waals surface area contributed by atoms with Gasteiger partial charge < -0.3 is 5.11 Å². The Hall–Kier alpha value is -1.42. The first kappa shape index (κ1) is 22.8. The molecule has 0 unspecified atom stereocenters. The zero-order valence-corrected chi connectivity index (χ0v) is 18.2. The molecule has 3 saturated heterocycles. The fourth-order valence-corrected chi connectivity index (χ4v) is 7.40. The van der Waals surface area contributed by atoms with Crippen molar-refractivity contribution in [2.45, 2.75) is 55.3 Å². The molecule has 5 nitrogen and oxygen atoms in total. The minimum atomic E-state index is -4.60. The molecule has 3 aliphatic heterocycles. The van der Waals surface area contributed by atoms with E-state index in [0.29, 0.717) is 19.0 Å². The summed E-state index contributed by atoms with van der Waals surface area (Å²) in [7, 11) is -4.12. The van der Waals surface area contributed by atoms with Crippen molar-refractivity contribution in [2.75, 3.05) is 26.2 Å². The highest BCUT2D eigenvalue weighted by Gasteiger charge is 2.51. The van der Waals surface area contributed by atoms with Crippen molar-refractivity contribution in [2.24, 2.45) is 11.8 Å². The summed E-state index contributed by atoms with van der Waals surface area (Å²) in [6.45, 7) is 2.31. The highest BCUT2D eigenvalue weighted by molar-refractivity contribution is 7.89. The predicted octanol–water partition coefficient (Wildman–Crippen LogP) is 3.51. The van der Waals surface area contributed by atoms with Gasteiger partial charge >= 0.3 is 6.18 Å². The third kappa shape index (κ3) is 4.42. The number of benzene rings is 1. The van der Waals surface area contributed by atoms with Crippen LogP contribution in [-0.2, 0) is 16.2 Å². The molecule has 172 valence electrons. The molecule has 0 aromatic heterocycles. The van der Waals surface area contributed by atoms with Crippen molar-refractivity contribution in [3.8, 4) is 0 Å². The van der Waals surface area contributed by atoms with Crippen LogP contribution in [0.3, 0.4) is 0 Å². The lowest BCUT2D eigenvalue weighted by atomic mass is 9.70. The minimum Gasteiger partial charge on any atom is -0.396 e. The molecule has 4 atom stereocenters. The topological polar surface area (TPSA) is 60.9 Å². The number of aliphatic hydroxyl groups excluding tert-OH is 1. The van der Waals surface area contributed by atoms with Crippen molar-refractivity contribution in [3.05, 3.63) is 42.0 Å². The molecule has 3 aliphatic rings. The van der Waals surface area contributed by atoms with E-state index in [-0.39, 0.29) is 23.3 Å². The number of piperidine rings is 3. The molecular weight excluding hydrogens is 429 g/mol. The largest absolute Gasteiger partial charge is 0.416 e. The van der Waals surface area contributed by atoms with Gasteiger partial charge in [0.1, 0.15) is 0 Å². The maximum absolute atomic E-state index is 13.6. The Morgan fingerprint density at radius 3 is 2.61 bits per heavy atom. The smallest absolute Gasteiger partial charge is 0.396 e. The monoisotopic (exact) mass is 458 g/mol. The van der Waals surface area contributed by atoms with Gasteiger partial charge in [0.2, 0.25) is 10.0 Å². The van der Waals surface area contributed by atoms with E-state index in [1.807, 2.05) is 6.08 Å². The number of rotatable bonds is 5. The molecule has 9 heteroatoms. The van der Waals surface area contributed by atoms with Gasteiger partial charge in [0.15, 0.2) is 0 Å². The maximum atomic E-state index is 13.6. The normalized spacial score (nSPS) is 30.5. The molecule has 1 aromatic rings. The third-order valence-electron chi connectivity index (χ3n) is 6.93. The fourth-order valence-electron chi connectivity index (χ4n) is 5.67. The molecule has 0 aliphatic carbocycles. The van der Waals surface area contributed by atoms with Crippen LogP contribution in [0, 0.1) is 11.8 Å². The standard InChI is InChI=1S/C22H29F3N2O3S/c23-22(24,25)17-7-3-8-18(14-17)31(29,30)27-15-16-6-4-11-26-12-5-9-19(21(16)26)20(27)10-1-2-13-28/h1,3,7-8,10,14,16,19-21,28H,2,4-6,9,11-13,15H2/b10-1-/t16-,19+,20+,21-/m0/s1. The predicted molar refractivity (Wildman–Crippen MR) is 111 cm³/mol. The first-order chi connectivity index (χ1) is 14.7. The summed E-state index contributed by atoms with van der Waals surface area (Å²) in [4.78, 5) is 2.16. The molecule has 31 heavy (non-hydrogen) atoms. The zero-order valence-electron chi connectivity index (χ0n) is 17.3. The number of sulfonamides is 1. The van der Waals surface area contributed by atoms with Crippen LogP contribution in [0.25, 0.3) is 0 Å². The minimum absolute atomic E-state index is 0.0353. The SMILES string of the molecule is O=S(=O)(c1cccc(C(F)(F)F)c1)N1C[C@@H]2CCCN3CCC[C@@H]([C@H]23)[C@H]1/C=C\CCO. The molecule has 3 fully saturated rings. The lowest BCUT2D eigenvalue weighted by molar-refractivity contribution is -0.137. The van der Waals surface area contributed by atoms with Crippen molar-refractivity contribution < 1.29 is 26.7 Å². The molecular formula is C22H29F3N2O3S. The van der Waals surface area contributed by atoms with Crippen LogP contribution in [-0.4, -0.2) is 61.1 Å². The van der Waals surface area contributed by atoms with E-state index >= 15 is 0 Å². The number of halogens is 3. The molecule has 3 heterocycles. The molecule has 1 aromatic carbocycles. The third-order valence-corrected chi connectivity index (χ3v) is 8.79. The van der Waals surface area contributed by atoms with Gasteiger partial charge in [0.05, 0.1) is 10.5 Å². The van der Waals surface area contributed by atoms with Crippen molar-refractivity contribution in [1.82, 2.24) is 9.21 Å². The van der Waals surface area contributed by atoms with Crippen molar-refractivity contribution in [1.29, 1.82) is 0 Å². The second-order valence-electron chi connectivity index (χ2n) is 8.77. The van der Waals surface area contributed by atoms with Crippen molar-refractivity contribution in [3.63, 3.8) is 0 Å². The second-order valence-corrected chi connectivity index (χ2v) is 10.7. The Labute approximate surface area is 181 Å². The molecule has 0 saturated carbocycles. The summed E-state index contributed by atoms with van der Waals surface area (Å²) in [6, 6.07) is 3.92. The Morgan fingerprint density at radius 1 is 1.16 bits per heavy atom. The molecule has 1 N–H and O–H groups in total. The van der Waals surface area contributed by atoms with Crippen molar-refractivity contribution >= 4 is 10.0 Å². The maximum Gasteiger partial charge on any atom is 0.416 e. The van der Waals surface area contributed by atoms with E-state index in [9.17, 15) is 26.7 Å². The summed E-state index contributed by atoms with van der Waals surface area (Å²) < 4.78 is 68.3. The van der Waals surface area contributed by atoms with E-state index in [1.165, 1.54) is 10.4 Å².